The summed E-state index contributed by atoms with van der Waals surface area (Å²) in [6.07, 6.45) is 0. The number of rotatable bonds is 0. The topological polar surface area (TPSA) is 86.6 Å². The van der Waals surface area contributed by atoms with E-state index >= 15 is 0 Å². The largest absolute Gasteiger partial charge is 0.351 e. The Hall–Kier alpha value is -0.360. The lowest BCUT2D eigenvalue weighted by Crippen LogP contribution is -2.69. The van der Waals surface area contributed by atoms with E-state index in [1.54, 1.807) is 5.32 Å². The minimum atomic E-state index is -2.75. The van der Waals surface area contributed by atoms with Gasteiger partial charge in [0.2, 0.25) is 0 Å². The Morgan fingerprint density at radius 3 is 1.40 bits per heavy atom. The van der Waals surface area contributed by atoms with Crippen molar-refractivity contribution in [2.75, 3.05) is 0 Å². The molecule has 2 amide bonds. The van der Waals surface area contributed by atoms with E-state index in [2.05, 4.69) is 0 Å². The first-order valence-electron chi connectivity index (χ1n) is 1.86. The minimum absolute atomic E-state index is 0. The van der Waals surface area contributed by atoms with Crippen LogP contribution in [0.1, 0.15) is 0 Å². The predicted molar refractivity (Wildman–Crippen MR) is 34.8 cm³/mol. The van der Waals surface area contributed by atoms with Gasteiger partial charge in [-0.05, 0) is 0 Å². The fraction of sp³-hybridized carbons (Fsp3) is 0.333. The second kappa shape index (κ2) is 3.16. The molecule has 0 bridgehead atoms. The third kappa shape index (κ3) is 1.38. The first kappa shape index (κ1) is 12.3. The van der Waals surface area contributed by atoms with Gasteiger partial charge in [0, 0.05) is 0 Å². The van der Waals surface area contributed by atoms with Crippen LogP contribution in [0.15, 0.2) is 0 Å². The van der Waals surface area contributed by atoms with Crippen LogP contribution in [0.5, 0.6) is 0 Å². The Balaban J connectivity index is 0. The van der Waals surface area contributed by atoms with Gasteiger partial charge in [-0.15, -0.1) is 24.8 Å². The van der Waals surface area contributed by atoms with E-state index in [0.29, 0.717) is 0 Å². The number of hydrogen-bond acceptors (Lipinski definition) is 4. The van der Waals surface area contributed by atoms with Gasteiger partial charge in [-0.2, -0.15) is 0 Å². The molecule has 1 saturated heterocycles. The van der Waals surface area contributed by atoms with E-state index in [4.69, 9.17) is 10.2 Å². The molecule has 0 atom stereocenters. The number of hydrogen-bond donors (Lipinski definition) is 3. The summed E-state index contributed by atoms with van der Waals surface area (Å²) < 4.78 is 0. The van der Waals surface area contributed by atoms with Crippen molar-refractivity contribution in [1.29, 1.82) is 0 Å². The normalized spacial score (nSPS) is 19.4. The molecule has 5 nitrogen and oxygen atoms in total. The lowest BCUT2D eigenvalue weighted by atomic mass is 10.1. The van der Waals surface area contributed by atoms with E-state index in [1.807, 2.05) is 0 Å². The van der Waals surface area contributed by atoms with E-state index in [0.717, 1.165) is 0 Å². The molecule has 1 heterocycles. The third-order valence-corrected chi connectivity index (χ3v) is 0.860. The first-order chi connectivity index (χ1) is 3.55. The van der Waals surface area contributed by atoms with Gasteiger partial charge in [0.05, 0.1) is 0 Å². The lowest BCUT2D eigenvalue weighted by Gasteiger charge is -2.26. The maximum Gasteiger partial charge on any atom is 0.327 e. The predicted octanol–water partition coefficient (Wildman–Crippen LogP) is -1.83. The number of amides is 2. The van der Waals surface area contributed by atoms with Crippen molar-refractivity contribution < 1.29 is 19.8 Å². The van der Waals surface area contributed by atoms with E-state index in [9.17, 15) is 9.59 Å². The highest BCUT2D eigenvalue weighted by Crippen LogP contribution is 2.07. The molecule has 0 spiro atoms. The van der Waals surface area contributed by atoms with Crippen LogP contribution in [0.25, 0.3) is 0 Å². The maximum atomic E-state index is 9.93. The molecule has 0 radical (unpaired) electrons. The Bertz CT molecular complexity index is 152. The molecule has 1 fully saturated rings. The average molecular weight is 190 g/mol. The van der Waals surface area contributed by atoms with Crippen molar-refractivity contribution >= 4 is 36.6 Å². The number of halogens is 2. The molecule has 0 aromatic carbocycles. The summed E-state index contributed by atoms with van der Waals surface area (Å²) in [5.41, 5.74) is 0. The van der Waals surface area contributed by atoms with E-state index in [-0.39, 0.29) is 24.8 Å². The van der Waals surface area contributed by atoms with E-state index < -0.39 is 17.6 Å². The van der Waals surface area contributed by atoms with Gasteiger partial charge in [-0.1, -0.05) is 0 Å². The van der Waals surface area contributed by atoms with Crippen LogP contribution in [0.3, 0.4) is 0 Å². The maximum absolute atomic E-state index is 9.93. The highest BCUT2D eigenvalue weighted by molar-refractivity contribution is 6.22. The summed E-state index contributed by atoms with van der Waals surface area (Å²) in [4.78, 5) is 19.9. The number of carbonyl (C=O) groups is 2. The van der Waals surface area contributed by atoms with Gasteiger partial charge in [-0.3, -0.25) is 14.9 Å². The van der Waals surface area contributed by atoms with Gasteiger partial charge >= 0.3 is 5.79 Å². The molecular weight excluding hydrogens is 185 g/mol. The molecule has 60 valence electrons. The molecule has 10 heavy (non-hydrogen) atoms. The van der Waals surface area contributed by atoms with Crippen LogP contribution < -0.4 is 5.32 Å². The summed E-state index contributed by atoms with van der Waals surface area (Å²) in [5, 5.41) is 18.1. The molecular formula is C3H5Cl2NO4. The molecule has 0 saturated carbocycles. The van der Waals surface area contributed by atoms with Crippen molar-refractivity contribution in [3.8, 4) is 0 Å². The first-order valence-corrected chi connectivity index (χ1v) is 1.86. The molecule has 1 rings (SSSR count). The molecule has 0 unspecified atom stereocenters. The quantitative estimate of drug-likeness (QED) is 0.238. The number of imide groups is 1. The van der Waals surface area contributed by atoms with Crippen molar-refractivity contribution in [2.45, 2.75) is 5.79 Å². The summed E-state index contributed by atoms with van der Waals surface area (Å²) in [7, 11) is 0. The number of β-lactam (4-membered cyclic amide) rings is 2. The third-order valence-electron chi connectivity index (χ3n) is 0.860. The zero-order valence-electron chi connectivity index (χ0n) is 4.53. The fourth-order valence-corrected chi connectivity index (χ4v) is 0.318. The SMILES string of the molecule is Cl.Cl.O=C1NC(=O)C1(O)O. The van der Waals surface area contributed by atoms with Crippen molar-refractivity contribution in [3.05, 3.63) is 0 Å². The smallest absolute Gasteiger partial charge is 0.327 e. The Morgan fingerprint density at radius 1 is 1.10 bits per heavy atom. The average Bonchev–Trinajstić information content (AvgIpc) is 1.68. The Labute approximate surface area is 68.2 Å². The summed E-state index contributed by atoms with van der Waals surface area (Å²) in [6, 6.07) is 0. The fourth-order valence-electron chi connectivity index (χ4n) is 0.318. The number of nitrogens with one attached hydrogen (secondary N) is 1. The van der Waals surface area contributed by atoms with Gasteiger partial charge < -0.3 is 10.2 Å². The zero-order valence-corrected chi connectivity index (χ0v) is 6.16. The number of carbonyl (C=O) groups excluding carboxylic acids is 2. The monoisotopic (exact) mass is 189 g/mol. The van der Waals surface area contributed by atoms with Crippen LogP contribution in [0.4, 0.5) is 0 Å². The van der Waals surface area contributed by atoms with Gasteiger partial charge in [0.1, 0.15) is 0 Å². The summed E-state index contributed by atoms with van der Waals surface area (Å²) >= 11 is 0. The Kier molecular flexibility index (Phi) is 3.89. The molecule has 7 heteroatoms. The van der Waals surface area contributed by atoms with Gasteiger partial charge in [0.25, 0.3) is 11.8 Å². The van der Waals surface area contributed by atoms with Crippen LogP contribution >= 0.6 is 24.8 Å². The zero-order chi connectivity index (χ0) is 6.36. The highest BCUT2D eigenvalue weighted by Gasteiger charge is 2.53. The molecule has 1 aliphatic heterocycles. The molecule has 0 aromatic rings. The minimum Gasteiger partial charge on any atom is -0.351 e. The molecule has 1 aliphatic rings. The molecule has 0 aromatic heterocycles. The standard InChI is InChI=1S/C3H3NO4.2ClH/c5-1-3(7,8)2(6)4-1;;/h7-8H,(H,4,5,6);2*1H. The van der Waals surface area contributed by atoms with Gasteiger partial charge in [0.15, 0.2) is 0 Å². The molecule has 3 N–H and O–H groups in total. The second-order valence-corrected chi connectivity index (χ2v) is 1.46. The second-order valence-electron chi connectivity index (χ2n) is 1.46. The van der Waals surface area contributed by atoms with Crippen LogP contribution in [0.2, 0.25) is 0 Å². The van der Waals surface area contributed by atoms with Crippen molar-refractivity contribution in [2.24, 2.45) is 0 Å². The van der Waals surface area contributed by atoms with E-state index in [1.165, 1.54) is 0 Å². The summed E-state index contributed by atoms with van der Waals surface area (Å²) in [5.74, 6) is -4.88. The van der Waals surface area contributed by atoms with Crippen LogP contribution in [-0.2, 0) is 9.59 Å². The highest BCUT2D eigenvalue weighted by atomic mass is 35.5. The van der Waals surface area contributed by atoms with Crippen LogP contribution in [-0.4, -0.2) is 27.8 Å². The van der Waals surface area contributed by atoms with Gasteiger partial charge in [-0.25, -0.2) is 0 Å². The van der Waals surface area contributed by atoms with Crippen molar-refractivity contribution in [3.63, 3.8) is 0 Å². The van der Waals surface area contributed by atoms with Crippen molar-refractivity contribution in [1.82, 2.24) is 5.32 Å². The lowest BCUT2D eigenvalue weighted by molar-refractivity contribution is -0.209. The summed E-state index contributed by atoms with van der Waals surface area (Å²) in [6.45, 7) is 0. The Morgan fingerprint density at radius 2 is 1.40 bits per heavy atom. The molecule has 0 aliphatic carbocycles. The number of aliphatic hydroxyl groups is 2. The van der Waals surface area contributed by atoms with Crippen LogP contribution in [0, 0.1) is 0 Å².